The van der Waals surface area contributed by atoms with Crippen molar-refractivity contribution in [1.82, 2.24) is 9.78 Å². The maximum atomic E-state index is 13.9. The second-order valence-corrected chi connectivity index (χ2v) is 9.05. The lowest BCUT2D eigenvalue weighted by molar-refractivity contribution is -0.384. The molecule has 0 spiro atoms. The van der Waals surface area contributed by atoms with Crippen LogP contribution in [0.3, 0.4) is 0 Å². The van der Waals surface area contributed by atoms with E-state index in [1.165, 1.54) is 36.0 Å². The molecule has 3 aromatic carbocycles. The number of non-ortho nitro benzene ring substituents is 1. The molecule has 0 amide bonds. The van der Waals surface area contributed by atoms with Gasteiger partial charge in [0.25, 0.3) is 15.8 Å². The summed E-state index contributed by atoms with van der Waals surface area (Å²) in [6.07, 6.45) is -7.98. The molecule has 0 aliphatic rings. The minimum atomic E-state index is -5.12. The van der Waals surface area contributed by atoms with Gasteiger partial charge in [-0.25, -0.2) is 8.57 Å². The largest absolute Gasteiger partial charge is 0.420 e. The summed E-state index contributed by atoms with van der Waals surface area (Å²) in [4.78, 5) is 9.30. The summed E-state index contributed by atoms with van der Waals surface area (Å²) in [7, 11) is -3.47. The number of aryl methyl sites for hydroxylation is 1. The van der Waals surface area contributed by atoms with E-state index >= 15 is 0 Å². The van der Waals surface area contributed by atoms with Crippen molar-refractivity contribution in [2.45, 2.75) is 17.2 Å². The molecule has 0 aliphatic heterocycles. The Morgan fingerprint density at radius 3 is 2.34 bits per heavy atom. The first kappa shape index (κ1) is 24.3. The first-order valence-corrected chi connectivity index (χ1v) is 11.2. The number of nitro groups is 1. The quantitative estimate of drug-likeness (QED) is 0.151. The fourth-order valence-corrected chi connectivity index (χ4v) is 4.56. The van der Waals surface area contributed by atoms with Crippen LogP contribution in [0.4, 0.5) is 23.2 Å². The van der Waals surface area contributed by atoms with Crippen LogP contribution in [-0.2, 0) is 21.3 Å². The first-order valence-electron chi connectivity index (χ1n) is 9.84. The third-order valence-corrected chi connectivity index (χ3v) is 6.43. The molecular weight excluding hydrogens is 494 g/mol. The van der Waals surface area contributed by atoms with Crippen LogP contribution in [0.15, 0.2) is 71.6 Å². The van der Waals surface area contributed by atoms with Gasteiger partial charge in [-0.15, -0.1) is 0 Å². The zero-order valence-electron chi connectivity index (χ0n) is 17.7. The van der Waals surface area contributed by atoms with Gasteiger partial charge in [0.2, 0.25) is 0 Å². The van der Waals surface area contributed by atoms with Crippen molar-refractivity contribution in [3.8, 4) is 11.3 Å². The number of hydrogen-bond donors (Lipinski definition) is 0. The average molecular weight is 509 g/mol. The monoisotopic (exact) mass is 509 g/mol. The lowest BCUT2D eigenvalue weighted by atomic mass is 10.0. The Hall–Kier alpha value is -3.84. The molecule has 182 valence electrons. The van der Waals surface area contributed by atoms with Crippen molar-refractivity contribution in [3.63, 3.8) is 0 Å². The van der Waals surface area contributed by atoms with E-state index in [0.717, 1.165) is 36.4 Å². The molecule has 0 saturated carbocycles. The van der Waals surface area contributed by atoms with Gasteiger partial charge in [-0.1, -0.05) is 24.3 Å². The Morgan fingerprint density at radius 1 is 1.06 bits per heavy atom. The van der Waals surface area contributed by atoms with Gasteiger partial charge < -0.3 is 0 Å². The van der Waals surface area contributed by atoms with Crippen molar-refractivity contribution >= 4 is 26.7 Å². The third kappa shape index (κ3) is 4.86. The zero-order chi connectivity index (χ0) is 25.5. The number of fused-ring (bicyclic) bond motifs is 1. The van der Waals surface area contributed by atoms with Gasteiger partial charge in [0, 0.05) is 30.1 Å². The summed E-state index contributed by atoms with van der Waals surface area (Å²) in [5.74, 6) is -0.514. The van der Waals surface area contributed by atoms with Gasteiger partial charge in [0.15, 0.2) is 6.10 Å². The van der Waals surface area contributed by atoms with Crippen molar-refractivity contribution in [2.75, 3.05) is 0 Å². The predicted molar refractivity (Wildman–Crippen MR) is 116 cm³/mol. The van der Waals surface area contributed by atoms with E-state index in [1.807, 2.05) is 0 Å². The standard InChI is InChI=1S/C22H15F4N3O5S/c1-28-19-12-14(5-10-18(19)20(27-28)13-3-2-4-15(23)11-13)21(22(24,25)26)34-35(32,33)17-8-6-16(7-9-17)29(30)31/h2-12,21H,1H3. The Kier molecular flexibility index (Phi) is 6.07. The molecule has 0 bridgehead atoms. The highest BCUT2D eigenvalue weighted by Gasteiger charge is 2.45. The lowest BCUT2D eigenvalue weighted by Crippen LogP contribution is -2.26. The molecule has 0 fully saturated rings. The zero-order valence-corrected chi connectivity index (χ0v) is 18.5. The van der Waals surface area contributed by atoms with E-state index in [4.69, 9.17) is 0 Å². The number of aromatic nitrogens is 2. The highest BCUT2D eigenvalue weighted by Crippen LogP contribution is 2.40. The smallest absolute Gasteiger partial charge is 0.267 e. The van der Waals surface area contributed by atoms with Crippen LogP contribution in [0.25, 0.3) is 22.2 Å². The van der Waals surface area contributed by atoms with E-state index in [1.54, 1.807) is 6.07 Å². The maximum Gasteiger partial charge on any atom is 0.420 e. The topological polar surface area (TPSA) is 104 Å². The molecule has 4 rings (SSSR count). The number of rotatable bonds is 6. The summed E-state index contributed by atoms with van der Waals surface area (Å²) in [6, 6.07) is 12.3. The molecular formula is C22H15F4N3O5S. The lowest BCUT2D eigenvalue weighted by Gasteiger charge is -2.21. The minimum absolute atomic E-state index is 0.229. The van der Waals surface area contributed by atoms with Crippen LogP contribution in [-0.4, -0.2) is 29.3 Å². The van der Waals surface area contributed by atoms with Crippen molar-refractivity contribution < 1.29 is 35.1 Å². The number of hydrogen-bond acceptors (Lipinski definition) is 6. The molecule has 0 N–H and O–H groups in total. The minimum Gasteiger partial charge on any atom is -0.267 e. The molecule has 1 aromatic heterocycles. The van der Waals surface area contributed by atoms with Crippen LogP contribution in [0.5, 0.6) is 0 Å². The fourth-order valence-electron chi connectivity index (χ4n) is 3.50. The molecule has 1 heterocycles. The molecule has 1 atom stereocenters. The predicted octanol–water partition coefficient (Wildman–Crippen LogP) is 5.30. The summed E-state index contributed by atoms with van der Waals surface area (Å²) < 4.78 is 86.3. The molecule has 35 heavy (non-hydrogen) atoms. The Bertz CT molecular complexity index is 1530. The Labute approximate surface area is 195 Å². The van der Waals surface area contributed by atoms with Crippen LogP contribution in [0.2, 0.25) is 0 Å². The number of benzene rings is 3. The molecule has 0 aliphatic carbocycles. The van der Waals surface area contributed by atoms with Gasteiger partial charge >= 0.3 is 6.18 Å². The first-order chi connectivity index (χ1) is 16.4. The van der Waals surface area contributed by atoms with Crippen LogP contribution in [0.1, 0.15) is 11.7 Å². The number of halogens is 4. The van der Waals surface area contributed by atoms with E-state index in [2.05, 4.69) is 9.28 Å². The molecule has 4 aromatic rings. The van der Waals surface area contributed by atoms with E-state index in [9.17, 15) is 36.1 Å². The van der Waals surface area contributed by atoms with E-state index in [-0.39, 0.29) is 5.52 Å². The summed E-state index contributed by atoms with van der Waals surface area (Å²) in [5.41, 5.74) is 0.0213. The summed E-state index contributed by atoms with van der Waals surface area (Å²) in [6.45, 7) is 0. The van der Waals surface area contributed by atoms with Crippen LogP contribution >= 0.6 is 0 Å². The van der Waals surface area contributed by atoms with E-state index in [0.29, 0.717) is 16.6 Å². The van der Waals surface area contributed by atoms with Crippen molar-refractivity contribution in [2.24, 2.45) is 7.05 Å². The Balaban J connectivity index is 1.74. The molecule has 13 heteroatoms. The molecule has 0 saturated heterocycles. The second-order valence-electron chi connectivity index (χ2n) is 7.48. The normalized spacial score (nSPS) is 13.2. The summed E-state index contributed by atoms with van der Waals surface area (Å²) >= 11 is 0. The molecule has 0 radical (unpaired) electrons. The third-order valence-electron chi connectivity index (χ3n) is 5.13. The fraction of sp³-hybridized carbons (Fsp3) is 0.136. The van der Waals surface area contributed by atoms with Gasteiger partial charge in [-0.3, -0.25) is 14.8 Å². The van der Waals surface area contributed by atoms with Gasteiger partial charge in [0.05, 0.1) is 15.3 Å². The van der Waals surface area contributed by atoms with Gasteiger partial charge in [0.1, 0.15) is 11.5 Å². The second kappa shape index (κ2) is 8.74. The van der Waals surface area contributed by atoms with Gasteiger partial charge in [-0.2, -0.15) is 26.7 Å². The number of nitrogens with zero attached hydrogens (tertiary/aromatic N) is 3. The molecule has 1 unspecified atom stereocenters. The van der Waals surface area contributed by atoms with Crippen molar-refractivity contribution in [3.05, 3.63) is 88.2 Å². The van der Waals surface area contributed by atoms with E-state index < -0.39 is 49.3 Å². The van der Waals surface area contributed by atoms with Gasteiger partial charge in [-0.05, 0) is 35.9 Å². The van der Waals surface area contributed by atoms with Crippen LogP contribution < -0.4 is 0 Å². The van der Waals surface area contributed by atoms with Crippen LogP contribution in [0, 0.1) is 15.9 Å². The Morgan fingerprint density at radius 2 is 1.74 bits per heavy atom. The highest BCUT2D eigenvalue weighted by molar-refractivity contribution is 7.86. The SMILES string of the molecule is Cn1nc(-c2cccc(F)c2)c2ccc(C(OS(=O)(=O)c3ccc([N+](=O)[O-])cc3)C(F)(F)F)cc21. The number of nitro benzene ring substituents is 1. The summed E-state index contributed by atoms with van der Waals surface area (Å²) in [5, 5.41) is 15.4. The average Bonchev–Trinajstić information content (AvgIpc) is 3.13. The molecule has 8 nitrogen and oxygen atoms in total. The maximum absolute atomic E-state index is 13.9. The number of alkyl halides is 3. The van der Waals surface area contributed by atoms with Crippen molar-refractivity contribution in [1.29, 1.82) is 0 Å². The highest BCUT2D eigenvalue weighted by atomic mass is 32.2.